The first-order valence-electron chi connectivity index (χ1n) is 7.86. The van der Waals surface area contributed by atoms with Gasteiger partial charge in [-0.2, -0.15) is 0 Å². The Morgan fingerprint density at radius 3 is 2.59 bits per heavy atom. The van der Waals surface area contributed by atoms with E-state index < -0.39 is 6.09 Å². The van der Waals surface area contributed by atoms with Crippen molar-refractivity contribution >= 4 is 28.4 Å². The van der Waals surface area contributed by atoms with Gasteiger partial charge in [-0.05, 0) is 44.6 Å². The number of esters is 1. The molecule has 1 amide bonds. The largest absolute Gasteiger partial charge is 0.462 e. The number of nitrogens with one attached hydrogen (secondary N) is 1. The van der Waals surface area contributed by atoms with Gasteiger partial charge in [-0.25, -0.2) is 9.59 Å². The van der Waals surface area contributed by atoms with E-state index in [9.17, 15) is 9.59 Å². The van der Waals surface area contributed by atoms with Gasteiger partial charge in [-0.3, -0.25) is 5.32 Å². The van der Waals surface area contributed by atoms with Gasteiger partial charge in [-0.1, -0.05) is 13.3 Å². The van der Waals surface area contributed by atoms with Gasteiger partial charge in [-0.15, -0.1) is 11.3 Å². The average Bonchev–Trinajstić information content (AvgIpc) is 2.84. The van der Waals surface area contributed by atoms with Gasteiger partial charge < -0.3 is 9.47 Å². The normalized spacial score (nSPS) is 16.8. The molecule has 2 rings (SSSR count). The van der Waals surface area contributed by atoms with Crippen molar-refractivity contribution in [2.75, 3.05) is 18.5 Å². The van der Waals surface area contributed by atoms with Crippen LogP contribution in [0.15, 0.2) is 0 Å². The minimum absolute atomic E-state index is 0.295. The lowest BCUT2D eigenvalue weighted by atomic mass is 9.86. The Morgan fingerprint density at radius 1 is 1.23 bits per heavy atom. The molecule has 0 spiro atoms. The number of amides is 1. The van der Waals surface area contributed by atoms with Crippen LogP contribution in [0.2, 0.25) is 0 Å². The summed E-state index contributed by atoms with van der Waals surface area (Å²) in [6.45, 7) is 6.33. The lowest BCUT2D eigenvalue weighted by Gasteiger charge is -2.20. The number of thiophene rings is 1. The van der Waals surface area contributed by atoms with Gasteiger partial charge in [0.1, 0.15) is 5.00 Å². The van der Waals surface area contributed by atoms with E-state index in [4.69, 9.17) is 9.47 Å². The summed E-state index contributed by atoms with van der Waals surface area (Å²) in [5.41, 5.74) is 1.56. The van der Waals surface area contributed by atoms with E-state index in [0.717, 1.165) is 31.2 Å². The minimum Gasteiger partial charge on any atom is -0.462 e. The van der Waals surface area contributed by atoms with Crippen LogP contribution in [-0.4, -0.2) is 25.3 Å². The molecule has 0 aliphatic heterocycles. The first kappa shape index (κ1) is 16.8. The van der Waals surface area contributed by atoms with Crippen molar-refractivity contribution in [3.63, 3.8) is 0 Å². The topological polar surface area (TPSA) is 64.6 Å². The molecule has 1 N–H and O–H groups in total. The Morgan fingerprint density at radius 2 is 1.95 bits per heavy atom. The van der Waals surface area contributed by atoms with Crippen LogP contribution >= 0.6 is 11.3 Å². The van der Waals surface area contributed by atoms with Crippen LogP contribution in [0, 0.1) is 5.92 Å². The summed E-state index contributed by atoms with van der Waals surface area (Å²) in [7, 11) is 0. The second-order valence-electron chi connectivity index (χ2n) is 5.29. The van der Waals surface area contributed by atoms with Crippen LogP contribution in [0.4, 0.5) is 9.80 Å². The van der Waals surface area contributed by atoms with E-state index in [0.29, 0.717) is 29.7 Å². The summed E-state index contributed by atoms with van der Waals surface area (Å²) in [6.07, 6.45) is 3.51. The molecule has 1 aromatic rings. The first-order valence-corrected chi connectivity index (χ1v) is 8.67. The van der Waals surface area contributed by atoms with Crippen LogP contribution in [-0.2, 0) is 22.3 Å². The zero-order chi connectivity index (χ0) is 16.1. The summed E-state index contributed by atoms with van der Waals surface area (Å²) in [5.74, 6) is 0.290. The van der Waals surface area contributed by atoms with E-state index in [1.54, 1.807) is 13.8 Å². The maximum atomic E-state index is 12.3. The van der Waals surface area contributed by atoms with E-state index in [-0.39, 0.29) is 5.97 Å². The van der Waals surface area contributed by atoms with E-state index in [1.165, 1.54) is 16.2 Å². The Kier molecular flexibility index (Phi) is 5.83. The molecule has 0 fully saturated rings. The third-order valence-electron chi connectivity index (χ3n) is 3.92. The summed E-state index contributed by atoms with van der Waals surface area (Å²) in [6, 6.07) is 0. The summed E-state index contributed by atoms with van der Waals surface area (Å²) < 4.78 is 10.1. The third kappa shape index (κ3) is 3.61. The number of ether oxygens (including phenoxy) is 2. The summed E-state index contributed by atoms with van der Waals surface area (Å²) in [4.78, 5) is 25.2. The van der Waals surface area contributed by atoms with Crippen molar-refractivity contribution in [1.82, 2.24) is 0 Å². The summed E-state index contributed by atoms with van der Waals surface area (Å²) in [5, 5.41) is 3.25. The van der Waals surface area contributed by atoms with Crippen molar-refractivity contribution in [1.29, 1.82) is 0 Å². The van der Waals surface area contributed by atoms with Crippen LogP contribution in [0.5, 0.6) is 0 Å². The second kappa shape index (κ2) is 7.63. The molecule has 0 bridgehead atoms. The molecular formula is C16H23NO4S. The molecule has 0 radical (unpaired) electrons. The van der Waals surface area contributed by atoms with Crippen LogP contribution in [0.25, 0.3) is 0 Å². The molecule has 22 heavy (non-hydrogen) atoms. The SMILES string of the molecule is CCOC(=O)Nc1sc2c(c1C(=O)OCC)CC[C@@H](CC)C2. The fourth-order valence-electron chi connectivity index (χ4n) is 2.77. The molecular weight excluding hydrogens is 302 g/mol. The number of rotatable bonds is 5. The molecule has 122 valence electrons. The lowest BCUT2D eigenvalue weighted by Crippen LogP contribution is -2.17. The molecule has 1 atom stereocenters. The number of carbonyl (C=O) groups excluding carboxylic acids is 2. The zero-order valence-corrected chi connectivity index (χ0v) is 14.2. The molecule has 0 aromatic carbocycles. The molecule has 1 aliphatic rings. The Hall–Kier alpha value is -1.56. The molecule has 0 unspecified atom stereocenters. The number of fused-ring (bicyclic) bond motifs is 1. The van der Waals surface area contributed by atoms with Gasteiger partial charge >= 0.3 is 12.1 Å². The molecule has 5 nitrogen and oxygen atoms in total. The maximum Gasteiger partial charge on any atom is 0.412 e. The van der Waals surface area contributed by atoms with Crippen molar-refractivity contribution < 1.29 is 19.1 Å². The quantitative estimate of drug-likeness (QED) is 0.831. The maximum absolute atomic E-state index is 12.3. The summed E-state index contributed by atoms with van der Waals surface area (Å²) >= 11 is 1.48. The van der Waals surface area contributed by atoms with Gasteiger partial charge in [0.2, 0.25) is 0 Å². The van der Waals surface area contributed by atoms with E-state index >= 15 is 0 Å². The molecule has 0 saturated carbocycles. The van der Waals surface area contributed by atoms with Gasteiger partial charge in [0, 0.05) is 4.88 Å². The highest BCUT2D eigenvalue weighted by atomic mass is 32.1. The van der Waals surface area contributed by atoms with Crippen molar-refractivity contribution in [2.24, 2.45) is 5.92 Å². The van der Waals surface area contributed by atoms with Gasteiger partial charge in [0.05, 0.1) is 18.8 Å². The minimum atomic E-state index is -0.529. The Labute approximate surface area is 135 Å². The predicted molar refractivity (Wildman–Crippen MR) is 86.7 cm³/mol. The highest BCUT2D eigenvalue weighted by Gasteiger charge is 2.29. The molecule has 1 aromatic heterocycles. The highest BCUT2D eigenvalue weighted by Crippen LogP contribution is 2.40. The number of hydrogen-bond donors (Lipinski definition) is 1. The predicted octanol–water partition coefficient (Wildman–Crippen LogP) is 4.01. The number of anilines is 1. The third-order valence-corrected chi connectivity index (χ3v) is 5.09. The average molecular weight is 325 g/mol. The Bertz CT molecular complexity index is 553. The molecule has 6 heteroatoms. The van der Waals surface area contributed by atoms with Crippen molar-refractivity contribution in [2.45, 2.75) is 46.5 Å². The molecule has 0 saturated heterocycles. The molecule has 1 heterocycles. The monoisotopic (exact) mass is 325 g/mol. The smallest absolute Gasteiger partial charge is 0.412 e. The van der Waals surface area contributed by atoms with Crippen molar-refractivity contribution in [3.05, 3.63) is 16.0 Å². The van der Waals surface area contributed by atoms with Crippen LogP contribution in [0.3, 0.4) is 0 Å². The first-order chi connectivity index (χ1) is 10.6. The highest BCUT2D eigenvalue weighted by molar-refractivity contribution is 7.17. The standard InChI is InChI=1S/C16H23NO4S/c1-4-10-7-8-11-12(9-10)22-14(17-16(19)21-6-3)13(11)15(18)20-5-2/h10H,4-9H2,1-3H3,(H,17,19)/t10-/m1/s1. The van der Waals surface area contributed by atoms with E-state index in [2.05, 4.69) is 12.2 Å². The van der Waals surface area contributed by atoms with E-state index in [1.807, 2.05) is 0 Å². The van der Waals surface area contributed by atoms with Gasteiger partial charge in [0.25, 0.3) is 0 Å². The number of carbonyl (C=O) groups is 2. The second-order valence-corrected chi connectivity index (χ2v) is 6.40. The van der Waals surface area contributed by atoms with Crippen molar-refractivity contribution in [3.8, 4) is 0 Å². The van der Waals surface area contributed by atoms with Crippen LogP contribution < -0.4 is 5.32 Å². The number of hydrogen-bond acceptors (Lipinski definition) is 5. The van der Waals surface area contributed by atoms with Gasteiger partial charge in [0.15, 0.2) is 0 Å². The fourth-order valence-corrected chi connectivity index (χ4v) is 4.11. The molecule has 1 aliphatic carbocycles. The van der Waals surface area contributed by atoms with Crippen LogP contribution in [0.1, 0.15) is 54.4 Å². The lowest BCUT2D eigenvalue weighted by molar-refractivity contribution is 0.0526. The Balaban J connectivity index is 2.32. The fraction of sp³-hybridized carbons (Fsp3) is 0.625. The zero-order valence-electron chi connectivity index (χ0n) is 13.4.